The van der Waals surface area contributed by atoms with Crippen LogP contribution in [-0.4, -0.2) is 44.2 Å². The number of alkyl halides is 1. The van der Waals surface area contributed by atoms with Gasteiger partial charge in [-0.2, -0.15) is 0 Å². The van der Waals surface area contributed by atoms with Gasteiger partial charge in [-0.3, -0.25) is 14.3 Å². The van der Waals surface area contributed by atoms with Crippen LogP contribution in [0.25, 0.3) is 0 Å². The molecule has 20 heavy (non-hydrogen) atoms. The van der Waals surface area contributed by atoms with Gasteiger partial charge in [0.15, 0.2) is 6.23 Å². The lowest BCUT2D eigenvalue weighted by Crippen LogP contribution is -2.45. The SMILES string of the molecule is CC#C[C@@]1(F)[C@H](O)[C@@H](CO)O[C@H]1n1ccc(=O)[nH]c1=O. The van der Waals surface area contributed by atoms with E-state index in [1.54, 1.807) is 0 Å². The van der Waals surface area contributed by atoms with Crippen LogP contribution in [0.3, 0.4) is 0 Å². The Balaban J connectivity index is 2.55. The Hall–Kier alpha value is -1.95. The summed E-state index contributed by atoms with van der Waals surface area (Å²) in [4.78, 5) is 24.7. The van der Waals surface area contributed by atoms with Crippen molar-refractivity contribution in [2.45, 2.75) is 31.0 Å². The maximum Gasteiger partial charge on any atom is 0.330 e. The number of halogens is 1. The Morgan fingerprint density at radius 1 is 1.60 bits per heavy atom. The number of aromatic nitrogens is 2. The lowest BCUT2D eigenvalue weighted by molar-refractivity contribution is -0.0543. The second-order valence-electron chi connectivity index (χ2n) is 4.31. The fourth-order valence-electron chi connectivity index (χ4n) is 2.11. The molecule has 2 heterocycles. The molecule has 0 aliphatic carbocycles. The van der Waals surface area contributed by atoms with E-state index in [2.05, 4.69) is 11.8 Å². The van der Waals surface area contributed by atoms with Crippen molar-refractivity contribution in [1.29, 1.82) is 0 Å². The number of rotatable bonds is 2. The molecule has 0 bridgehead atoms. The molecule has 0 aromatic carbocycles. The first kappa shape index (κ1) is 14.5. The van der Waals surface area contributed by atoms with Crippen LogP contribution in [0.2, 0.25) is 0 Å². The van der Waals surface area contributed by atoms with Crippen molar-refractivity contribution in [2.75, 3.05) is 6.61 Å². The normalized spacial score (nSPS) is 32.7. The number of aromatic amines is 1. The Kier molecular flexibility index (Phi) is 3.76. The maximum absolute atomic E-state index is 14.9. The van der Waals surface area contributed by atoms with E-state index in [0.717, 1.165) is 16.8 Å². The summed E-state index contributed by atoms with van der Waals surface area (Å²) in [7, 11) is 0. The minimum Gasteiger partial charge on any atom is -0.394 e. The summed E-state index contributed by atoms with van der Waals surface area (Å²) in [6.07, 6.45) is -3.45. The molecule has 1 aliphatic heterocycles. The zero-order chi connectivity index (χ0) is 14.9. The second-order valence-corrected chi connectivity index (χ2v) is 4.31. The fraction of sp³-hybridized carbons (Fsp3) is 0.500. The third-order valence-corrected chi connectivity index (χ3v) is 3.05. The number of aliphatic hydroxyl groups excluding tert-OH is 2. The van der Waals surface area contributed by atoms with Crippen LogP contribution in [0.15, 0.2) is 21.9 Å². The first-order valence-electron chi connectivity index (χ1n) is 5.82. The monoisotopic (exact) mass is 284 g/mol. The topological polar surface area (TPSA) is 105 Å². The number of hydrogen-bond acceptors (Lipinski definition) is 5. The van der Waals surface area contributed by atoms with Gasteiger partial charge in [0.05, 0.1) is 6.61 Å². The van der Waals surface area contributed by atoms with Crippen molar-refractivity contribution in [3.63, 3.8) is 0 Å². The van der Waals surface area contributed by atoms with Crippen LogP contribution < -0.4 is 11.2 Å². The van der Waals surface area contributed by atoms with E-state index in [-0.39, 0.29) is 0 Å². The third-order valence-electron chi connectivity index (χ3n) is 3.05. The molecule has 0 saturated carbocycles. The molecular formula is C12H13FN2O5. The zero-order valence-corrected chi connectivity index (χ0v) is 10.5. The van der Waals surface area contributed by atoms with E-state index < -0.39 is 42.0 Å². The summed E-state index contributed by atoms with van der Waals surface area (Å²) in [6.45, 7) is 0.736. The van der Waals surface area contributed by atoms with Gasteiger partial charge in [0.1, 0.15) is 12.2 Å². The van der Waals surface area contributed by atoms with Crippen LogP contribution in [0.1, 0.15) is 13.2 Å². The van der Waals surface area contributed by atoms with Gasteiger partial charge in [-0.05, 0) is 6.92 Å². The van der Waals surface area contributed by atoms with E-state index >= 15 is 0 Å². The van der Waals surface area contributed by atoms with Crippen molar-refractivity contribution in [3.8, 4) is 11.8 Å². The Morgan fingerprint density at radius 3 is 2.85 bits per heavy atom. The molecule has 8 heteroatoms. The Morgan fingerprint density at radius 2 is 2.30 bits per heavy atom. The van der Waals surface area contributed by atoms with E-state index in [0.29, 0.717) is 0 Å². The number of hydrogen-bond donors (Lipinski definition) is 3. The Bertz CT molecular complexity index is 673. The average Bonchev–Trinajstić information content (AvgIpc) is 2.63. The van der Waals surface area contributed by atoms with Crippen molar-refractivity contribution in [1.82, 2.24) is 9.55 Å². The summed E-state index contributed by atoms with van der Waals surface area (Å²) in [6, 6.07) is 1.02. The van der Waals surface area contributed by atoms with Crippen molar-refractivity contribution in [2.24, 2.45) is 0 Å². The third kappa shape index (κ3) is 2.16. The van der Waals surface area contributed by atoms with Crippen LogP contribution >= 0.6 is 0 Å². The molecule has 2 rings (SSSR count). The fourth-order valence-corrected chi connectivity index (χ4v) is 2.11. The molecule has 0 amide bonds. The second kappa shape index (κ2) is 5.20. The van der Waals surface area contributed by atoms with Crippen LogP contribution in [0, 0.1) is 11.8 Å². The summed E-state index contributed by atoms with van der Waals surface area (Å²) in [5.41, 5.74) is -4.10. The molecular weight excluding hydrogens is 271 g/mol. The summed E-state index contributed by atoms with van der Waals surface area (Å²) >= 11 is 0. The lowest BCUT2D eigenvalue weighted by atomic mass is 9.96. The minimum absolute atomic E-state index is 0.632. The van der Waals surface area contributed by atoms with E-state index in [9.17, 15) is 19.1 Å². The van der Waals surface area contributed by atoms with E-state index in [1.807, 2.05) is 4.98 Å². The van der Waals surface area contributed by atoms with Gasteiger partial charge in [0, 0.05) is 12.3 Å². The standard InChI is InChI=1S/C12H13FN2O5/c1-2-4-12(13)9(18)7(6-16)20-10(12)15-5-3-8(17)14-11(15)19/h3,5,7,9-10,16,18H,6H2,1H3,(H,14,17,19)/t7-,9-,10-,12-/m1/s1. The molecule has 0 unspecified atom stereocenters. The minimum atomic E-state index is -2.57. The number of nitrogens with one attached hydrogen (secondary N) is 1. The largest absolute Gasteiger partial charge is 0.394 e. The molecule has 1 aromatic heterocycles. The highest BCUT2D eigenvalue weighted by Gasteiger charge is 2.57. The molecule has 1 saturated heterocycles. The molecule has 1 fully saturated rings. The van der Waals surface area contributed by atoms with Crippen LogP contribution in [-0.2, 0) is 4.74 Å². The van der Waals surface area contributed by atoms with Gasteiger partial charge in [0.25, 0.3) is 5.56 Å². The summed E-state index contributed by atoms with van der Waals surface area (Å²) in [5, 5.41) is 18.9. The van der Waals surface area contributed by atoms with Gasteiger partial charge in [0.2, 0.25) is 5.67 Å². The zero-order valence-electron chi connectivity index (χ0n) is 10.5. The number of nitrogens with zero attached hydrogens (tertiary/aromatic N) is 1. The predicted molar refractivity (Wildman–Crippen MR) is 65.6 cm³/mol. The van der Waals surface area contributed by atoms with Crippen molar-refractivity contribution in [3.05, 3.63) is 33.1 Å². The van der Waals surface area contributed by atoms with Gasteiger partial charge >= 0.3 is 5.69 Å². The van der Waals surface area contributed by atoms with Crippen molar-refractivity contribution >= 4 is 0 Å². The first-order valence-corrected chi connectivity index (χ1v) is 5.82. The molecule has 108 valence electrons. The highest BCUT2D eigenvalue weighted by atomic mass is 19.1. The quantitative estimate of drug-likeness (QED) is 0.574. The number of aliphatic hydroxyl groups is 2. The average molecular weight is 284 g/mol. The van der Waals surface area contributed by atoms with Gasteiger partial charge in [-0.1, -0.05) is 5.92 Å². The smallest absolute Gasteiger partial charge is 0.330 e. The van der Waals surface area contributed by atoms with E-state index in [4.69, 9.17) is 9.84 Å². The van der Waals surface area contributed by atoms with Gasteiger partial charge in [-0.15, -0.1) is 5.92 Å². The predicted octanol–water partition coefficient (Wildman–Crippen LogP) is -1.48. The molecule has 1 aliphatic rings. The Labute approximate surface area is 112 Å². The van der Waals surface area contributed by atoms with Crippen molar-refractivity contribution < 1.29 is 19.3 Å². The molecule has 4 atom stereocenters. The lowest BCUT2D eigenvalue weighted by Gasteiger charge is -2.23. The molecule has 3 N–H and O–H groups in total. The molecule has 0 spiro atoms. The number of ether oxygens (including phenoxy) is 1. The van der Waals surface area contributed by atoms with Gasteiger partial charge < -0.3 is 14.9 Å². The van der Waals surface area contributed by atoms with Crippen LogP contribution in [0.5, 0.6) is 0 Å². The molecule has 7 nitrogen and oxygen atoms in total. The summed E-state index contributed by atoms with van der Waals surface area (Å²) < 4.78 is 20.8. The van der Waals surface area contributed by atoms with E-state index in [1.165, 1.54) is 6.92 Å². The molecule has 0 radical (unpaired) electrons. The highest BCUT2D eigenvalue weighted by Crippen LogP contribution is 2.40. The van der Waals surface area contributed by atoms with Gasteiger partial charge in [-0.25, -0.2) is 9.18 Å². The number of H-pyrrole nitrogens is 1. The first-order chi connectivity index (χ1) is 9.43. The summed E-state index contributed by atoms with van der Waals surface area (Å²) in [5.74, 6) is 4.49. The van der Waals surface area contributed by atoms with Crippen LogP contribution in [0.4, 0.5) is 4.39 Å². The molecule has 1 aromatic rings. The maximum atomic E-state index is 14.9. The highest BCUT2D eigenvalue weighted by molar-refractivity contribution is 5.22.